The number of thioether (sulfide) groups is 1. The maximum atomic E-state index is 14.2. The molecule has 0 fully saturated rings. The minimum Gasteiger partial charge on any atom is -0.444 e. The van der Waals surface area contributed by atoms with Gasteiger partial charge in [-0.25, -0.2) is 9.18 Å². The van der Waals surface area contributed by atoms with Gasteiger partial charge in [0.05, 0.1) is 6.54 Å². The summed E-state index contributed by atoms with van der Waals surface area (Å²) in [4.78, 5) is 11.4. The molecule has 7 heteroatoms. The van der Waals surface area contributed by atoms with Gasteiger partial charge in [0.2, 0.25) is 0 Å². The number of hydrazone groups is 1. The molecule has 0 bridgehead atoms. The lowest BCUT2D eigenvalue weighted by molar-refractivity contribution is 0.0520. The number of hydrogen-bond donors (Lipinski definition) is 2. The van der Waals surface area contributed by atoms with E-state index in [1.165, 1.54) is 17.8 Å². The number of ether oxygens (including phenoxy) is 1. The number of benzene rings is 2. The van der Waals surface area contributed by atoms with E-state index < -0.39 is 16.6 Å². The van der Waals surface area contributed by atoms with E-state index in [0.717, 1.165) is 5.56 Å². The maximum absolute atomic E-state index is 14.2. The number of carbonyl (C=O) groups excluding carboxylic acids is 1. The van der Waals surface area contributed by atoms with Gasteiger partial charge < -0.3 is 10.1 Å². The van der Waals surface area contributed by atoms with Crippen molar-refractivity contribution in [2.45, 2.75) is 31.2 Å². The molecule has 0 aliphatic carbocycles. The first-order chi connectivity index (χ1) is 12.8. The third kappa shape index (κ3) is 4.60. The predicted octanol–water partition coefficient (Wildman–Crippen LogP) is 4.20. The summed E-state index contributed by atoms with van der Waals surface area (Å²) in [5, 5.41) is 7.67. The fourth-order valence-electron chi connectivity index (χ4n) is 2.62. The molecule has 5 nitrogen and oxygen atoms in total. The summed E-state index contributed by atoms with van der Waals surface area (Å²) in [6, 6.07) is 16.1. The van der Waals surface area contributed by atoms with Crippen LogP contribution in [-0.2, 0) is 9.61 Å². The van der Waals surface area contributed by atoms with Crippen molar-refractivity contribution >= 4 is 22.9 Å². The summed E-state index contributed by atoms with van der Waals surface area (Å²) >= 11 is 1.37. The first kappa shape index (κ1) is 19.2. The second kappa shape index (κ2) is 7.60. The molecule has 1 aliphatic rings. The van der Waals surface area contributed by atoms with Crippen LogP contribution in [0.4, 0.5) is 9.18 Å². The Morgan fingerprint density at radius 1 is 1.19 bits per heavy atom. The Labute approximate surface area is 162 Å². The normalized spacial score (nSPS) is 19.2. The average molecular weight is 387 g/mol. The Bertz CT molecular complexity index is 852. The van der Waals surface area contributed by atoms with Crippen molar-refractivity contribution in [2.24, 2.45) is 5.10 Å². The van der Waals surface area contributed by atoms with Crippen molar-refractivity contribution < 1.29 is 13.9 Å². The number of amides is 1. The van der Waals surface area contributed by atoms with Crippen LogP contribution in [-0.4, -0.2) is 23.3 Å². The summed E-state index contributed by atoms with van der Waals surface area (Å²) in [5.74, 6) is -0.338. The first-order valence-electron chi connectivity index (χ1n) is 8.60. The number of carbonyl (C=O) groups is 1. The van der Waals surface area contributed by atoms with Crippen molar-refractivity contribution in [1.82, 2.24) is 10.7 Å². The number of rotatable bonds is 4. The van der Waals surface area contributed by atoms with Gasteiger partial charge in [0, 0.05) is 5.56 Å². The molecule has 1 amide bonds. The number of nitrogens with one attached hydrogen (secondary N) is 2. The van der Waals surface area contributed by atoms with Gasteiger partial charge in [0.1, 0.15) is 21.3 Å². The molecule has 142 valence electrons. The second-order valence-electron chi connectivity index (χ2n) is 7.16. The molecule has 1 heterocycles. The molecular formula is C20H22FN3O2S. The molecule has 0 aromatic heterocycles. The van der Waals surface area contributed by atoms with Gasteiger partial charge in [-0.2, -0.15) is 5.10 Å². The number of halogens is 1. The van der Waals surface area contributed by atoms with Crippen LogP contribution in [0.1, 0.15) is 31.9 Å². The van der Waals surface area contributed by atoms with Gasteiger partial charge in [0.15, 0.2) is 0 Å². The van der Waals surface area contributed by atoms with E-state index in [0.29, 0.717) is 10.6 Å². The van der Waals surface area contributed by atoms with E-state index in [-0.39, 0.29) is 12.4 Å². The Hall–Kier alpha value is -2.54. The number of alkyl carbamates (subject to hydrolysis) is 1. The average Bonchev–Trinajstić information content (AvgIpc) is 3.05. The quantitative estimate of drug-likeness (QED) is 0.825. The molecule has 2 N–H and O–H groups in total. The molecule has 1 aliphatic heterocycles. The maximum Gasteiger partial charge on any atom is 0.407 e. The highest BCUT2D eigenvalue weighted by atomic mass is 32.2. The SMILES string of the molecule is CC(C)(C)OC(=O)NCC1(c2ccccc2)NN=C(c2ccccc2F)S1. The van der Waals surface area contributed by atoms with Crippen LogP contribution in [0.3, 0.4) is 0 Å². The molecule has 2 aromatic rings. The molecule has 0 saturated heterocycles. The molecule has 1 atom stereocenters. The lowest BCUT2D eigenvalue weighted by Gasteiger charge is -2.29. The Morgan fingerprint density at radius 2 is 1.85 bits per heavy atom. The van der Waals surface area contributed by atoms with Crippen LogP contribution in [0.2, 0.25) is 0 Å². The molecule has 2 aromatic carbocycles. The highest BCUT2D eigenvalue weighted by Crippen LogP contribution is 2.40. The molecule has 27 heavy (non-hydrogen) atoms. The summed E-state index contributed by atoms with van der Waals surface area (Å²) in [7, 11) is 0. The van der Waals surface area contributed by atoms with Crippen LogP contribution in [0.15, 0.2) is 59.7 Å². The first-order valence-corrected chi connectivity index (χ1v) is 9.42. The number of nitrogens with zero attached hydrogens (tertiary/aromatic N) is 1. The molecule has 0 spiro atoms. The van der Waals surface area contributed by atoms with E-state index in [2.05, 4.69) is 15.8 Å². The van der Waals surface area contributed by atoms with Gasteiger partial charge in [-0.15, -0.1) is 0 Å². The van der Waals surface area contributed by atoms with Crippen molar-refractivity contribution in [1.29, 1.82) is 0 Å². The fraction of sp³-hybridized carbons (Fsp3) is 0.300. The number of hydrogen-bond acceptors (Lipinski definition) is 5. The van der Waals surface area contributed by atoms with E-state index in [1.807, 2.05) is 51.1 Å². The molecule has 0 radical (unpaired) electrons. The summed E-state index contributed by atoms with van der Waals surface area (Å²) in [5.41, 5.74) is 3.85. The standard InChI is InChI=1S/C20H22FN3O2S/c1-19(2,3)26-18(25)22-13-20(14-9-5-4-6-10-14)24-23-17(27-20)15-11-7-8-12-16(15)21/h4-12,24H,13H2,1-3H3,(H,22,25). The zero-order chi connectivity index (χ0) is 19.5. The highest BCUT2D eigenvalue weighted by molar-refractivity contribution is 8.15. The summed E-state index contributed by atoms with van der Waals surface area (Å²) in [6.07, 6.45) is -0.514. The summed E-state index contributed by atoms with van der Waals surface area (Å²) < 4.78 is 19.5. The smallest absolute Gasteiger partial charge is 0.407 e. The van der Waals surface area contributed by atoms with Crippen molar-refractivity contribution in [2.75, 3.05) is 6.54 Å². The van der Waals surface area contributed by atoms with Gasteiger partial charge in [-0.05, 0) is 38.5 Å². The van der Waals surface area contributed by atoms with Crippen LogP contribution in [0.5, 0.6) is 0 Å². The van der Waals surface area contributed by atoms with Crippen molar-refractivity contribution in [3.63, 3.8) is 0 Å². The molecule has 1 unspecified atom stereocenters. The second-order valence-corrected chi connectivity index (χ2v) is 8.45. The summed E-state index contributed by atoms with van der Waals surface area (Å²) in [6.45, 7) is 5.64. The topological polar surface area (TPSA) is 62.7 Å². The van der Waals surface area contributed by atoms with E-state index in [9.17, 15) is 9.18 Å². The molecule has 0 saturated carbocycles. The van der Waals surface area contributed by atoms with Crippen LogP contribution in [0, 0.1) is 5.82 Å². The van der Waals surface area contributed by atoms with E-state index >= 15 is 0 Å². The fourth-order valence-corrected chi connectivity index (χ4v) is 3.81. The Morgan fingerprint density at radius 3 is 2.52 bits per heavy atom. The monoisotopic (exact) mass is 387 g/mol. The minimum atomic E-state index is -0.754. The van der Waals surface area contributed by atoms with Gasteiger partial charge in [-0.3, -0.25) is 5.43 Å². The highest BCUT2D eigenvalue weighted by Gasteiger charge is 2.40. The van der Waals surface area contributed by atoms with Crippen LogP contribution < -0.4 is 10.7 Å². The molecule has 3 rings (SSSR count). The van der Waals surface area contributed by atoms with Crippen LogP contribution in [0.25, 0.3) is 0 Å². The molecular weight excluding hydrogens is 365 g/mol. The van der Waals surface area contributed by atoms with Crippen LogP contribution >= 0.6 is 11.8 Å². The zero-order valence-electron chi connectivity index (χ0n) is 15.5. The lowest BCUT2D eigenvalue weighted by Crippen LogP contribution is -2.46. The van der Waals surface area contributed by atoms with E-state index in [1.54, 1.807) is 18.2 Å². The third-order valence-electron chi connectivity index (χ3n) is 3.83. The predicted molar refractivity (Wildman–Crippen MR) is 106 cm³/mol. The van der Waals surface area contributed by atoms with Gasteiger partial charge in [-0.1, -0.05) is 54.2 Å². The van der Waals surface area contributed by atoms with Gasteiger partial charge in [0.25, 0.3) is 0 Å². The third-order valence-corrected chi connectivity index (χ3v) is 5.16. The largest absolute Gasteiger partial charge is 0.444 e. The Kier molecular flexibility index (Phi) is 5.41. The lowest BCUT2D eigenvalue weighted by atomic mass is 10.1. The zero-order valence-corrected chi connectivity index (χ0v) is 16.3. The van der Waals surface area contributed by atoms with E-state index in [4.69, 9.17) is 4.74 Å². The minimum absolute atomic E-state index is 0.220. The van der Waals surface area contributed by atoms with Crippen molar-refractivity contribution in [3.05, 3.63) is 71.5 Å². The van der Waals surface area contributed by atoms with Crippen molar-refractivity contribution in [3.8, 4) is 0 Å². The van der Waals surface area contributed by atoms with Gasteiger partial charge >= 0.3 is 6.09 Å². The Balaban J connectivity index is 1.82.